The number of piperidine rings is 3. The zero-order chi connectivity index (χ0) is 22.5. The van der Waals surface area contributed by atoms with Crippen molar-refractivity contribution in [3.8, 4) is 5.75 Å². The predicted octanol–water partition coefficient (Wildman–Crippen LogP) is 1.81. The Morgan fingerprint density at radius 3 is 2.32 bits per heavy atom. The van der Waals surface area contributed by atoms with E-state index in [-0.39, 0.29) is 11.9 Å². The van der Waals surface area contributed by atoms with E-state index in [1.807, 2.05) is 19.2 Å². The van der Waals surface area contributed by atoms with Gasteiger partial charge in [-0.25, -0.2) is 9.59 Å². The SMILES string of the molecule is CN1CCOc2c(C(=O)NC3CN4CCC3CC4)cc(Br)cc21.O=C(O)C=CC(=O)O. The number of nitrogens with zero attached hydrogens (tertiary/aromatic N) is 2. The third-order valence-electron chi connectivity index (χ3n) is 5.70. The van der Waals surface area contributed by atoms with Gasteiger partial charge < -0.3 is 30.1 Å². The average molecular weight is 496 g/mol. The molecule has 1 atom stereocenters. The Hall–Kier alpha value is -2.59. The van der Waals surface area contributed by atoms with Crippen LogP contribution in [-0.2, 0) is 9.59 Å². The number of rotatable bonds is 4. The number of amides is 1. The number of hydrogen-bond acceptors (Lipinski definition) is 6. The Bertz CT molecular complexity index is 866. The van der Waals surface area contributed by atoms with Crippen molar-refractivity contribution in [2.75, 3.05) is 44.7 Å². The molecular formula is C21H26BrN3O6. The van der Waals surface area contributed by atoms with Gasteiger partial charge in [-0.2, -0.15) is 0 Å². The predicted molar refractivity (Wildman–Crippen MR) is 118 cm³/mol. The van der Waals surface area contributed by atoms with Gasteiger partial charge in [0.1, 0.15) is 6.61 Å². The summed E-state index contributed by atoms with van der Waals surface area (Å²) in [6.07, 6.45) is 3.51. The van der Waals surface area contributed by atoms with E-state index in [1.54, 1.807) is 0 Å². The number of fused-ring (bicyclic) bond motifs is 4. The van der Waals surface area contributed by atoms with Crippen LogP contribution in [0.5, 0.6) is 5.75 Å². The molecule has 31 heavy (non-hydrogen) atoms. The fraction of sp³-hybridized carbons (Fsp3) is 0.476. The van der Waals surface area contributed by atoms with Crippen LogP contribution in [0.2, 0.25) is 0 Å². The van der Waals surface area contributed by atoms with Crippen LogP contribution in [0.15, 0.2) is 28.8 Å². The Balaban J connectivity index is 0.000000293. The van der Waals surface area contributed by atoms with Crippen LogP contribution in [0.25, 0.3) is 0 Å². The van der Waals surface area contributed by atoms with E-state index >= 15 is 0 Å². The highest BCUT2D eigenvalue weighted by Crippen LogP contribution is 2.37. The number of carboxylic acids is 2. The van der Waals surface area contributed by atoms with Gasteiger partial charge in [-0.05, 0) is 44.0 Å². The summed E-state index contributed by atoms with van der Waals surface area (Å²) in [6.45, 7) is 4.79. The topological polar surface area (TPSA) is 119 Å². The van der Waals surface area contributed by atoms with E-state index in [0.29, 0.717) is 36.0 Å². The van der Waals surface area contributed by atoms with Gasteiger partial charge in [-0.1, -0.05) is 15.9 Å². The van der Waals surface area contributed by atoms with Crippen LogP contribution in [0.3, 0.4) is 0 Å². The molecule has 1 amide bonds. The molecule has 1 aromatic carbocycles. The Morgan fingerprint density at radius 1 is 1.13 bits per heavy atom. The first-order chi connectivity index (χ1) is 14.7. The number of likely N-dealkylation sites (N-methyl/N-ethyl adjacent to an activating group) is 1. The van der Waals surface area contributed by atoms with Crippen LogP contribution in [-0.4, -0.2) is 78.8 Å². The lowest BCUT2D eigenvalue weighted by molar-refractivity contribution is -0.134. The molecule has 3 saturated heterocycles. The Labute approximate surface area is 188 Å². The molecule has 4 aliphatic heterocycles. The summed E-state index contributed by atoms with van der Waals surface area (Å²) in [5.74, 6) is -1.20. The molecule has 3 N–H and O–H groups in total. The summed E-state index contributed by atoms with van der Waals surface area (Å²) < 4.78 is 6.73. The number of carbonyl (C=O) groups is 3. The van der Waals surface area contributed by atoms with Crippen molar-refractivity contribution in [1.82, 2.24) is 10.2 Å². The van der Waals surface area contributed by atoms with Gasteiger partial charge in [0.05, 0.1) is 17.8 Å². The molecule has 4 aliphatic rings. The third kappa shape index (κ3) is 5.98. The molecule has 0 spiro atoms. The summed E-state index contributed by atoms with van der Waals surface area (Å²) in [7, 11) is 2.03. The second kappa shape index (κ2) is 10.1. The monoisotopic (exact) mass is 495 g/mol. The number of hydrogen-bond donors (Lipinski definition) is 3. The highest BCUT2D eigenvalue weighted by molar-refractivity contribution is 9.10. The Kier molecular flexibility index (Phi) is 7.55. The van der Waals surface area contributed by atoms with Gasteiger partial charge in [0.2, 0.25) is 0 Å². The van der Waals surface area contributed by atoms with Crippen molar-refractivity contribution in [3.05, 3.63) is 34.3 Å². The van der Waals surface area contributed by atoms with Crippen molar-refractivity contribution < 1.29 is 29.3 Å². The maximum atomic E-state index is 12.9. The lowest BCUT2D eigenvalue weighted by Gasteiger charge is -2.45. The number of anilines is 1. The van der Waals surface area contributed by atoms with Crippen LogP contribution < -0.4 is 15.0 Å². The van der Waals surface area contributed by atoms with Crippen molar-refractivity contribution >= 4 is 39.5 Å². The molecule has 5 rings (SSSR count). The number of halogens is 1. The van der Waals surface area contributed by atoms with E-state index in [2.05, 4.69) is 31.0 Å². The molecule has 2 bridgehead atoms. The van der Waals surface area contributed by atoms with Gasteiger partial charge in [-0.15, -0.1) is 0 Å². The molecule has 0 aromatic heterocycles. The quantitative estimate of drug-likeness (QED) is 0.541. The summed E-state index contributed by atoms with van der Waals surface area (Å²) >= 11 is 3.52. The molecule has 10 heteroatoms. The van der Waals surface area contributed by atoms with Crippen LogP contribution >= 0.6 is 15.9 Å². The zero-order valence-electron chi connectivity index (χ0n) is 17.2. The molecular weight excluding hydrogens is 470 g/mol. The van der Waals surface area contributed by atoms with E-state index in [0.717, 1.165) is 23.2 Å². The largest absolute Gasteiger partial charge is 0.489 e. The van der Waals surface area contributed by atoms with Gasteiger partial charge in [0.25, 0.3) is 5.91 Å². The van der Waals surface area contributed by atoms with Gasteiger partial charge in [0, 0.05) is 36.3 Å². The van der Waals surface area contributed by atoms with Gasteiger partial charge in [0.15, 0.2) is 5.75 Å². The number of ether oxygens (including phenoxy) is 1. The number of nitrogens with one attached hydrogen (secondary N) is 1. The summed E-state index contributed by atoms with van der Waals surface area (Å²) in [6, 6.07) is 4.15. The third-order valence-corrected chi connectivity index (χ3v) is 6.16. The lowest BCUT2D eigenvalue weighted by atomic mass is 9.84. The van der Waals surface area contributed by atoms with Crippen LogP contribution in [0.4, 0.5) is 5.69 Å². The molecule has 0 saturated carbocycles. The first-order valence-electron chi connectivity index (χ1n) is 10.1. The van der Waals surface area contributed by atoms with Crippen molar-refractivity contribution in [2.45, 2.75) is 18.9 Å². The molecule has 0 aliphatic carbocycles. The first-order valence-corrected chi connectivity index (χ1v) is 10.9. The lowest BCUT2D eigenvalue weighted by Crippen LogP contribution is -2.57. The van der Waals surface area contributed by atoms with Gasteiger partial charge in [-0.3, -0.25) is 4.79 Å². The van der Waals surface area contributed by atoms with E-state index < -0.39 is 11.9 Å². The molecule has 3 fully saturated rings. The minimum Gasteiger partial charge on any atom is -0.489 e. The van der Waals surface area contributed by atoms with Crippen LogP contribution in [0.1, 0.15) is 23.2 Å². The fourth-order valence-corrected chi connectivity index (χ4v) is 4.55. The van der Waals surface area contributed by atoms with Crippen LogP contribution in [0, 0.1) is 5.92 Å². The van der Waals surface area contributed by atoms with E-state index in [9.17, 15) is 14.4 Å². The van der Waals surface area contributed by atoms with E-state index in [4.69, 9.17) is 14.9 Å². The second-order valence-corrected chi connectivity index (χ2v) is 8.72. The smallest absolute Gasteiger partial charge is 0.328 e. The molecule has 9 nitrogen and oxygen atoms in total. The minimum atomic E-state index is -1.26. The molecule has 168 valence electrons. The molecule has 0 radical (unpaired) electrons. The first kappa shape index (κ1) is 23.1. The fourth-order valence-electron chi connectivity index (χ4n) is 4.11. The molecule has 4 heterocycles. The Morgan fingerprint density at radius 2 is 1.77 bits per heavy atom. The summed E-state index contributed by atoms with van der Waals surface area (Å²) in [5.41, 5.74) is 1.61. The summed E-state index contributed by atoms with van der Waals surface area (Å²) in [4.78, 5) is 36.6. The zero-order valence-corrected chi connectivity index (χ0v) is 18.8. The van der Waals surface area contributed by atoms with Gasteiger partial charge >= 0.3 is 11.9 Å². The number of aliphatic carboxylic acids is 2. The normalized spacial score (nSPS) is 23.9. The number of carbonyl (C=O) groups excluding carboxylic acids is 1. The number of benzene rings is 1. The molecule has 1 aromatic rings. The van der Waals surface area contributed by atoms with Crippen molar-refractivity contribution in [1.29, 1.82) is 0 Å². The minimum absolute atomic E-state index is 0.0170. The second-order valence-electron chi connectivity index (χ2n) is 7.80. The summed E-state index contributed by atoms with van der Waals surface area (Å²) in [5, 5.41) is 18.9. The number of carboxylic acid groups (broad SMARTS) is 2. The standard InChI is InChI=1S/C17H22BrN3O2.C4H4O4/c1-20-6-7-23-16-13(8-12(18)9-15(16)20)17(22)19-14-10-21-4-2-11(14)3-5-21;5-3(6)1-2-4(7)8/h8-9,11,14H,2-7,10H2,1H3,(H,19,22);1-2H,(H,5,6)(H,7,8). The maximum Gasteiger partial charge on any atom is 0.328 e. The molecule has 1 unspecified atom stereocenters. The highest BCUT2D eigenvalue weighted by Gasteiger charge is 2.35. The maximum absolute atomic E-state index is 12.9. The average Bonchev–Trinajstić information content (AvgIpc) is 2.74. The van der Waals surface area contributed by atoms with E-state index in [1.165, 1.54) is 25.9 Å². The van der Waals surface area contributed by atoms with Crippen molar-refractivity contribution in [2.24, 2.45) is 5.92 Å². The highest BCUT2D eigenvalue weighted by atomic mass is 79.9. The van der Waals surface area contributed by atoms with Crippen molar-refractivity contribution in [3.63, 3.8) is 0 Å².